The second-order valence-electron chi connectivity index (χ2n) is 6.74. The largest absolute Gasteiger partial charge is 0.496 e. The lowest BCUT2D eigenvalue weighted by atomic mass is 9.72. The van der Waals surface area contributed by atoms with E-state index in [0.29, 0.717) is 24.2 Å². The number of benzene rings is 1. The lowest BCUT2D eigenvalue weighted by Crippen LogP contribution is -2.45. The molecule has 130 valence electrons. The van der Waals surface area contributed by atoms with Gasteiger partial charge in [-0.1, -0.05) is 31.5 Å². The van der Waals surface area contributed by atoms with Gasteiger partial charge in [0.15, 0.2) is 11.6 Å². The third-order valence-electron chi connectivity index (χ3n) is 5.33. The summed E-state index contributed by atoms with van der Waals surface area (Å²) in [5, 5.41) is 18.3. The molecule has 2 heterocycles. The van der Waals surface area contributed by atoms with Crippen molar-refractivity contribution in [3.05, 3.63) is 48.7 Å². The van der Waals surface area contributed by atoms with Gasteiger partial charge in [-0.15, -0.1) is 10.2 Å². The van der Waals surface area contributed by atoms with E-state index in [-0.39, 0.29) is 23.7 Å². The topological polar surface area (TPSA) is 77.2 Å². The zero-order valence-corrected chi connectivity index (χ0v) is 14.1. The minimum absolute atomic E-state index is 0.0341. The van der Waals surface area contributed by atoms with Crippen LogP contribution in [0.25, 0.3) is 11.3 Å². The lowest BCUT2D eigenvalue weighted by molar-refractivity contribution is -0.129. The van der Waals surface area contributed by atoms with Gasteiger partial charge in [0, 0.05) is 12.1 Å². The number of aliphatic hydroxyl groups excluding tert-OH is 1. The fourth-order valence-electron chi connectivity index (χ4n) is 3.87. The normalized spacial score (nSPS) is 28.9. The first-order valence-corrected chi connectivity index (χ1v) is 8.72. The molecule has 2 aromatic rings. The molecule has 4 rings (SSSR count). The van der Waals surface area contributed by atoms with E-state index in [9.17, 15) is 9.90 Å². The summed E-state index contributed by atoms with van der Waals surface area (Å²) in [7, 11) is 0. The second-order valence-corrected chi connectivity index (χ2v) is 6.74. The quantitative estimate of drug-likeness (QED) is 0.929. The molecule has 4 atom stereocenters. The molecular formula is C19H21N3O3. The maximum atomic E-state index is 13.1. The first-order chi connectivity index (χ1) is 12.2. The van der Waals surface area contributed by atoms with E-state index >= 15 is 0 Å². The Bertz CT molecular complexity index is 799. The summed E-state index contributed by atoms with van der Waals surface area (Å²) < 4.78 is 7.61. The van der Waals surface area contributed by atoms with Gasteiger partial charge in [0.25, 0.3) is 0 Å². The number of rotatable bonds is 3. The van der Waals surface area contributed by atoms with Gasteiger partial charge in [-0.25, -0.2) is 0 Å². The van der Waals surface area contributed by atoms with Crippen molar-refractivity contribution in [2.75, 3.05) is 0 Å². The van der Waals surface area contributed by atoms with E-state index in [1.807, 2.05) is 37.3 Å². The van der Waals surface area contributed by atoms with Gasteiger partial charge >= 0.3 is 0 Å². The number of allylic oxidation sites excluding steroid dienone is 1. The van der Waals surface area contributed by atoms with Crippen LogP contribution in [0.1, 0.15) is 32.0 Å². The van der Waals surface area contributed by atoms with Crippen LogP contribution in [0.3, 0.4) is 0 Å². The fourth-order valence-corrected chi connectivity index (χ4v) is 3.87. The Labute approximate surface area is 146 Å². The minimum atomic E-state index is -0.401. The predicted molar refractivity (Wildman–Crippen MR) is 91.7 cm³/mol. The number of aromatic nitrogens is 3. The summed E-state index contributed by atoms with van der Waals surface area (Å²) >= 11 is 0. The summed E-state index contributed by atoms with van der Waals surface area (Å²) in [5.41, 5.74) is 1.35. The van der Waals surface area contributed by atoms with Gasteiger partial charge in [0.2, 0.25) is 0 Å². The Morgan fingerprint density at radius 2 is 2.08 bits per heavy atom. The maximum Gasteiger partial charge on any atom is 0.176 e. The van der Waals surface area contributed by atoms with E-state index < -0.39 is 6.10 Å². The third kappa shape index (κ3) is 2.76. The summed E-state index contributed by atoms with van der Waals surface area (Å²) in [5.74, 6) is 0.440. The van der Waals surface area contributed by atoms with Gasteiger partial charge in [0.1, 0.15) is 12.4 Å². The van der Waals surface area contributed by atoms with Gasteiger partial charge in [-0.3, -0.25) is 9.36 Å². The van der Waals surface area contributed by atoms with Crippen LogP contribution in [-0.4, -0.2) is 37.9 Å². The number of hydrogen-bond acceptors (Lipinski definition) is 5. The zero-order valence-electron chi connectivity index (χ0n) is 14.1. The van der Waals surface area contributed by atoms with Crippen molar-refractivity contribution in [3.63, 3.8) is 0 Å². The Morgan fingerprint density at radius 1 is 1.28 bits per heavy atom. The molecule has 6 heteroatoms. The van der Waals surface area contributed by atoms with Gasteiger partial charge in [-0.2, -0.15) is 0 Å². The molecule has 0 spiro atoms. The highest BCUT2D eigenvalue weighted by Gasteiger charge is 2.44. The average molecular weight is 339 g/mol. The van der Waals surface area contributed by atoms with Crippen LogP contribution in [0, 0.1) is 11.8 Å². The molecule has 1 N–H and O–H groups in total. The molecule has 0 amide bonds. The number of fused-ring (bicyclic) bond motifs is 1. The van der Waals surface area contributed by atoms with Gasteiger partial charge < -0.3 is 9.84 Å². The molecule has 1 aliphatic carbocycles. The summed E-state index contributed by atoms with van der Waals surface area (Å²) in [6.07, 6.45) is 4.46. The number of aliphatic hydroxyl groups is 1. The molecule has 1 aromatic carbocycles. The van der Waals surface area contributed by atoms with E-state index in [4.69, 9.17) is 4.74 Å². The van der Waals surface area contributed by atoms with Crippen molar-refractivity contribution in [2.45, 2.75) is 38.4 Å². The molecular weight excluding hydrogens is 318 g/mol. The monoisotopic (exact) mass is 339 g/mol. The Hall–Kier alpha value is -2.47. The number of para-hydroxylation sites is 1. The molecule has 6 nitrogen and oxygen atoms in total. The Balaban J connectivity index is 1.67. The molecule has 25 heavy (non-hydrogen) atoms. The number of hydrogen-bond donors (Lipinski definition) is 1. The van der Waals surface area contributed by atoms with Crippen molar-refractivity contribution in [1.82, 2.24) is 14.8 Å². The van der Waals surface area contributed by atoms with Crippen LogP contribution in [0.15, 0.2) is 42.9 Å². The summed E-state index contributed by atoms with van der Waals surface area (Å²) in [6.45, 7) is 2.05. The highest BCUT2D eigenvalue weighted by Crippen LogP contribution is 2.39. The molecule has 2 aliphatic rings. The maximum absolute atomic E-state index is 13.1. The first kappa shape index (κ1) is 16.0. The summed E-state index contributed by atoms with van der Waals surface area (Å²) in [6, 6.07) is 9.67. The van der Waals surface area contributed by atoms with Crippen molar-refractivity contribution >= 4 is 11.4 Å². The number of nitrogens with zero attached hydrogens (tertiary/aromatic N) is 3. The highest BCUT2D eigenvalue weighted by molar-refractivity contribution is 6.21. The smallest absolute Gasteiger partial charge is 0.176 e. The first-order valence-electron chi connectivity index (χ1n) is 8.72. The molecule has 0 radical (unpaired) electrons. The minimum Gasteiger partial charge on any atom is -0.496 e. The van der Waals surface area contributed by atoms with Crippen molar-refractivity contribution < 1.29 is 14.6 Å². The van der Waals surface area contributed by atoms with E-state index in [2.05, 4.69) is 10.2 Å². The summed E-state index contributed by atoms with van der Waals surface area (Å²) in [4.78, 5) is 13.1. The van der Waals surface area contributed by atoms with Crippen LogP contribution in [0.4, 0.5) is 0 Å². The van der Waals surface area contributed by atoms with E-state index in [1.54, 1.807) is 10.9 Å². The fraction of sp³-hybridized carbons (Fsp3) is 0.421. The molecule has 1 fully saturated rings. The molecule has 0 bridgehead atoms. The van der Waals surface area contributed by atoms with Crippen LogP contribution >= 0.6 is 0 Å². The van der Waals surface area contributed by atoms with Crippen LogP contribution < -0.4 is 0 Å². The second kappa shape index (κ2) is 6.44. The number of Topliss-reactive ketones (excluding diaryl/α,β-unsaturated/α-hetero) is 1. The third-order valence-corrected chi connectivity index (χ3v) is 5.33. The zero-order chi connectivity index (χ0) is 17.4. The standard InChI is InChI=1S/C19H21N3O3/c1-2-12-8-14-17(9-16(12)23)25-10-15(18(14)24)19-21-20-11-22(19)13-6-4-3-5-7-13/h3-7,10-12,14,16-17,23H,2,8-9H2,1H3. The lowest BCUT2D eigenvalue weighted by Gasteiger charge is -2.39. The molecule has 1 aliphatic heterocycles. The Morgan fingerprint density at radius 3 is 2.84 bits per heavy atom. The van der Waals surface area contributed by atoms with Crippen LogP contribution in [0.2, 0.25) is 0 Å². The number of carbonyl (C=O) groups excluding carboxylic acids is 1. The molecule has 0 saturated heterocycles. The molecule has 1 saturated carbocycles. The predicted octanol–water partition coefficient (Wildman–Crippen LogP) is 2.37. The van der Waals surface area contributed by atoms with Crippen LogP contribution in [0.5, 0.6) is 0 Å². The number of carbonyl (C=O) groups is 1. The van der Waals surface area contributed by atoms with E-state index in [0.717, 1.165) is 12.1 Å². The van der Waals surface area contributed by atoms with Crippen molar-refractivity contribution in [1.29, 1.82) is 0 Å². The molecule has 1 aromatic heterocycles. The van der Waals surface area contributed by atoms with Gasteiger partial charge in [0.05, 0.1) is 23.9 Å². The van der Waals surface area contributed by atoms with Crippen molar-refractivity contribution in [3.8, 4) is 5.69 Å². The van der Waals surface area contributed by atoms with E-state index in [1.165, 1.54) is 6.26 Å². The Kier molecular flexibility index (Phi) is 4.13. The van der Waals surface area contributed by atoms with Gasteiger partial charge in [-0.05, 0) is 24.5 Å². The number of ketones is 1. The average Bonchev–Trinajstić information content (AvgIpc) is 3.12. The highest BCUT2D eigenvalue weighted by atomic mass is 16.5. The van der Waals surface area contributed by atoms with Crippen LogP contribution in [-0.2, 0) is 9.53 Å². The van der Waals surface area contributed by atoms with Crippen molar-refractivity contribution in [2.24, 2.45) is 11.8 Å². The SMILES string of the molecule is CCC1CC2C(=O)C(c3nncn3-c3ccccc3)=COC2CC1O. The molecule has 4 unspecified atom stereocenters. The number of ether oxygens (including phenoxy) is 1.